The van der Waals surface area contributed by atoms with Crippen molar-refractivity contribution in [1.82, 2.24) is 0 Å². The highest BCUT2D eigenvalue weighted by Gasteiger charge is 2.25. The van der Waals surface area contributed by atoms with E-state index in [4.69, 9.17) is 0 Å². The van der Waals surface area contributed by atoms with Gasteiger partial charge in [0.05, 0.1) is 6.10 Å². The van der Waals surface area contributed by atoms with Gasteiger partial charge in [0, 0.05) is 0 Å². The number of aliphatic hydroxyl groups excluding tert-OH is 1. The SMILES string of the molecule is CCCC(C)C1CCCCCC1O. The van der Waals surface area contributed by atoms with Gasteiger partial charge in [-0.15, -0.1) is 0 Å². The molecular weight excluding hydrogens is 160 g/mol. The van der Waals surface area contributed by atoms with Gasteiger partial charge < -0.3 is 5.11 Å². The van der Waals surface area contributed by atoms with Crippen LogP contribution < -0.4 is 0 Å². The van der Waals surface area contributed by atoms with Gasteiger partial charge in [0.2, 0.25) is 0 Å². The van der Waals surface area contributed by atoms with E-state index in [1.54, 1.807) is 0 Å². The van der Waals surface area contributed by atoms with Crippen LogP contribution in [0, 0.1) is 11.8 Å². The fourth-order valence-corrected chi connectivity index (χ4v) is 2.65. The van der Waals surface area contributed by atoms with E-state index >= 15 is 0 Å². The van der Waals surface area contributed by atoms with Gasteiger partial charge in [0.15, 0.2) is 0 Å². The van der Waals surface area contributed by atoms with Crippen LogP contribution >= 0.6 is 0 Å². The smallest absolute Gasteiger partial charge is 0.0570 e. The number of hydrogen-bond donors (Lipinski definition) is 1. The third-order valence-electron chi connectivity index (χ3n) is 3.51. The Morgan fingerprint density at radius 2 is 1.92 bits per heavy atom. The van der Waals surface area contributed by atoms with Crippen molar-refractivity contribution in [1.29, 1.82) is 0 Å². The average molecular weight is 184 g/mol. The second kappa shape index (κ2) is 5.64. The number of rotatable bonds is 3. The van der Waals surface area contributed by atoms with Crippen molar-refractivity contribution in [2.45, 2.75) is 64.9 Å². The highest BCUT2D eigenvalue weighted by atomic mass is 16.3. The van der Waals surface area contributed by atoms with Gasteiger partial charge in [-0.25, -0.2) is 0 Å². The Bertz CT molecular complexity index is 133. The highest BCUT2D eigenvalue weighted by Crippen LogP contribution is 2.31. The Morgan fingerprint density at radius 3 is 2.62 bits per heavy atom. The molecule has 0 saturated heterocycles. The molecule has 0 aromatic heterocycles. The van der Waals surface area contributed by atoms with E-state index < -0.39 is 0 Å². The van der Waals surface area contributed by atoms with Crippen molar-refractivity contribution in [3.05, 3.63) is 0 Å². The standard InChI is InChI=1S/C12H24O/c1-3-7-10(2)11-8-5-4-6-9-12(11)13/h10-13H,3-9H2,1-2H3. The molecule has 1 fully saturated rings. The quantitative estimate of drug-likeness (QED) is 0.667. The van der Waals surface area contributed by atoms with Gasteiger partial charge in [0.25, 0.3) is 0 Å². The first-order chi connectivity index (χ1) is 6.25. The van der Waals surface area contributed by atoms with E-state index in [-0.39, 0.29) is 6.10 Å². The fourth-order valence-electron chi connectivity index (χ4n) is 2.65. The van der Waals surface area contributed by atoms with Crippen LogP contribution in [0.2, 0.25) is 0 Å². The molecule has 0 amide bonds. The summed E-state index contributed by atoms with van der Waals surface area (Å²) in [6.45, 7) is 4.54. The van der Waals surface area contributed by atoms with E-state index in [1.165, 1.54) is 38.5 Å². The van der Waals surface area contributed by atoms with Crippen molar-refractivity contribution in [2.24, 2.45) is 11.8 Å². The summed E-state index contributed by atoms with van der Waals surface area (Å²) in [5, 5.41) is 9.95. The largest absolute Gasteiger partial charge is 0.393 e. The third-order valence-corrected chi connectivity index (χ3v) is 3.51. The zero-order valence-electron chi connectivity index (χ0n) is 9.13. The van der Waals surface area contributed by atoms with Crippen LogP contribution in [-0.2, 0) is 0 Å². The monoisotopic (exact) mass is 184 g/mol. The minimum absolute atomic E-state index is 0.0101. The molecule has 1 aliphatic carbocycles. The minimum Gasteiger partial charge on any atom is -0.393 e. The lowest BCUT2D eigenvalue weighted by atomic mass is 9.83. The van der Waals surface area contributed by atoms with Crippen LogP contribution in [0.3, 0.4) is 0 Å². The van der Waals surface area contributed by atoms with Crippen LogP contribution in [0.1, 0.15) is 58.8 Å². The fraction of sp³-hybridized carbons (Fsp3) is 1.00. The molecule has 1 rings (SSSR count). The van der Waals surface area contributed by atoms with E-state index in [9.17, 15) is 5.11 Å². The van der Waals surface area contributed by atoms with Gasteiger partial charge in [-0.1, -0.05) is 46.0 Å². The van der Waals surface area contributed by atoms with Crippen molar-refractivity contribution in [3.8, 4) is 0 Å². The van der Waals surface area contributed by atoms with Gasteiger partial charge in [-0.3, -0.25) is 0 Å². The topological polar surface area (TPSA) is 20.2 Å². The Labute approximate surface area is 82.5 Å². The van der Waals surface area contributed by atoms with Crippen LogP contribution in [-0.4, -0.2) is 11.2 Å². The minimum atomic E-state index is -0.0101. The first kappa shape index (κ1) is 11.0. The molecule has 1 heteroatoms. The molecule has 3 atom stereocenters. The first-order valence-corrected chi connectivity index (χ1v) is 5.93. The van der Waals surface area contributed by atoms with Crippen molar-refractivity contribution >= 4 is 0 Å². The summed E-state index contributed by atoms with van der Waals surface area (Å²) in [6.07, 6.45) is 8.70. The summed E-state index contributed by atoms with van der Waals surface area (Å²) in [6, 6.07) is 0. The molecular formula is C12H24O. The molecule has 13 heavy (non-hydrogen) atoms. The number of hydrogen-bond acceptors (Lipinski definition) is 1. The maximum absolute atomic E-state index is 9.95. The zero-order chi connectivity index (χ0) is 9.68. The molecule has 1 aliphatic rings. The van der Waals surface area contributed by atoms with E-state index in [0.717, 1.165) is 12.3 Å². The molecule has 0 spiro atoms. The predicted molar refractivity (Wildman–Crippen MR) is 56.7 cm³/mol. The van der Waals surface area contributed by atoms with Gasteiger partial charge in [-0.2, -0.15) is 0 Å². The molecule has 0 aliphatic heterocycles. The molecule has 78 valence electrons. The molecule has 0 heterocycles. The van der Waals surface area contributed by atoms with Crippen LogP contribution in [0.5, 0.6) is 0 Å². The van der Waals surface area contributed by atoms with Crippen LogP contribution in [0.25, 0.3) is 0 Å². The average Bonchev–Trinajstić information content (AvgIpc) is 2.30. The number of aliphatic hydroxyl groups is 1. The summed E-state index contributed by atoms with van der Waals surface area (Å²) in [7, 11) is 0. The van der Waals surface area contributed by atoms with E-state index in [0.29, 0.717) is 5.92 Å². The predicted octanol–water partition coefficient (Wildman–Crippen LogP) is 3.36. The Hall–Kier alpha value is -0.0400. The molecule has 1 nitrogen and oxygen atoms in total. The molecule has 0 radical (unpaired) electrons. The lowest BCUT2D eigenvalue weighted by Crippen LogP contribution is -2.25. The summed E-state index contributed by atoms with van der Waals surface area (Å²) in [5.74, 6) is 1.31. The Balaban J connectivity index is 2.43. The van der Waals surface area contributed by atoms with E-state index in [2.05, 4.69) is 13.8 Å². The molecule has 0 bridgehead atoms. The molecule has 0 aromatic carbocycles. The normalized spacial score (nSPS) is 32.5. The maximum Gasteiger partial charge on any atom is 0.0570 e. The summed E-state index contributed by atoms with van der Waals surface area (Å²) in [4.78, 5) is 0. The van der Waals surface area contributed by atoms with Crippen molar-refractivity contribution < 1.29 is 5.11 Å². The zero-order valence-corrected chi connectivity index (χ0v) is 9.13. The summed E-state index contributed by atoms with van der Waals surface area (Å²) >= 11 is 0. The Morgan fingerprint density at radius 1 is 1.23 bits per heavy atom. The van der Waals surface area contributed by atoms with Gasteiger partial charge in [0.1, 0.15) is 0 Å². The van der Waals surface area contributed by atoms with Crippen LogP contribution in [0.4, 0.5) is 0 Å². The van der Waals surface area contributed by atoms with Crippen LogP contribution in [0.15, 0.2) is 0 Å². The first-order valence-electron chi connectivity index (χ1n) is 5.93. The second-order valence-electron chi connectivity index (χ2n) is 4.64. The van der Waals surface area contributed by atoms with Crippen molar-refractivity contribution in [3.63, 3.8) is 0 Å². The van der Waals surface area contributed by atoms with Gasteiger partial charge in [-0.05, 0) is 24.7 Å². The lowest BCUT2D eigenvalue weighted by molar-refractivity contribution is 0.0680. The maximum atomic E-state index is 9.95. The van der Waals surface area contributed by atoms with E-state index in [1.807, 2.05) is 0 Å². The van der Waals surface area contributed by atoms with Crippen molar-refractivity contribution in [2.75, 3.05) is 0 Å². The Kier molecular flexibility index (Phi) is 4.79. The second-order valence-corrected chi connectivity index (χ2v) is 4.64. The summed E-state index contributed by atoms with van der Waals surface area (Å²) < 4.78 is 0. The highest BCUT2D eigenvalue weighted by molar-refractivity contribution is 4.76. The molecule has 3 unspecified atom stereocenters. The lowest BCUT2D eigenvalue weighted by Gasteiger charge is -2.26. The molecule has 0 aromatic rings. The third kappa shape index (κ3) is 3.30. The molecule has 1 N–H and O–H groups in total. The molecule has 1 saturated carbocycles. The van der Waals surface area contributed by atoms with Gasteiger partial charge >= 0.3 is 0 Å². The summed E-state index contributed by atoms with van der Waals surface area (Å²) in [5.41, 5.74) is 0.